The van der Waals surface area contributed by atoms with Crippen LogP contribution in [-0.2, 0) is 28.7 Å². The maximum absolute atomic E-state index is 13.5. The normalized spacial score (nSPS) is 16.1. The van der Waals surface area contributed by atoms with Crippen LogP contribution >= 0.6 is 11.6 Å². The Bertz CT molecular complexity index is 1590. The lowest BCUT2D eigenvalue weighted by atomic mass is 9.96. The van der Waals surface area contributed by atoms with Gasteiger partial charge >= 0.3 is 6.18 Å². The number of nitrogens with zero attached hydrogens (tertiary/aromatic N) is 4. The van der Waals surface area contributed by atoms with Crippen molar-refractivity contribution in [2.45, 2.75) is 32.0 Å². The molecule has 17 heteroatoms. The van der Waals surface area contributed by atoms with E-state index in [1.165, 1.54) is 6.07 Å². The fourth-order valence-electron chi connectivity index (χ4n) is 5.47. The number of piperidine rings is 1. The summed E-state index contributed by atoms with van der Waals surface area (Å²) in [4.78, 5) is 60.0. The average molecular weight is 650 g/mol. The first-order valence-corrected chi connectivity index (χ1v) is 14.6. The summed E-state index contributed by atoms with van der Waals surface area (Å²) in [5.74, 6) is -1.98. The number of amides is 4. The number of aromatic nitrogens is 4. The monoisotopic (exact) mass is 649 g/mol. The zero-order valence-corrected chi connectivity index (χ0v) is 24.7. The van der Waals surface area contributed by atoms with Crippen LogP contribution in [0.3, 0.4) is 0 Å². The third kappa shape index (κ3) is 7.28. The van der Waals surface area contributed by atoms with Gasteiger partial charge in [-0.2, -0.15) is 18.3 Å². The summed E-state index contributed by atoms with van der Waals surface area (Å²) < 4.78 is 40.6. The van der Waals surface area contributed by atoms with Crippen LogP contribution in [0.25, 0.3) is 11.3 Å². The topological polar surface area (TPSA) is 182 Å². The number of carbonyl (C=O) groups excluding carboxylic acids is 4. The quantitative estimate of drug-likeness (QED) is 0.246. The minimum absolute atomic E-state index is 0.0191. The fourth-order valence-corrected chi connectivity index (χ4v) is 5.76. The third-order valence-corrected chi connectivity index (χ3v) is 8.12. The number of H-pyrrole nitrogens is 2. The Kier molecular flexibility index (Phi) is 9.43. The van der Waals surface area contributed by atoms with Crippen LogP contribution in [-0.4, -0.2) is 92.9 Å². The lowest BCUT2D eigenvalue weighted by Crippen LogP contribution is -2.52. The first-order valence-electron chi connectivity index (χ1n) is 14.3. The molecule has 0 unspecified atom stereocenters. The number of carbonyl (C=O) groups is 4. The van der Waals surface area contributed by atoms with Crippen LogP contribution in [0.5, 0.6) is 0 Å². The van der Waals surface area contributed by atoms with Crippen LogP contribution in [0.2, 0.25) is 5.02 Å². The van der Waals surface area contributed by atoms with E-state index in [1.807, 2.05) is 4.90 Å². The van der Waals surface area contributed by atoms with Crippen molar-refractivity contribution < 1.29 is 32.3 Å². The van der Waals surface area contributed by atoms with Gasteiger partial charge in [0.05, 0.1) is 40.2 Å². The highest BCUT2D eigenvalue weighted by molar-refractivity contribution is 6.33. The van der Waals surface area contributed by atoms with Gasteiger partial charge in [-0.25, -0.2) is 4.98 Å². The van der Waals surface area contributed by atoms with Crippen LogP contribution < -0.4 is 16.4 Å². The molecule has 0 spiro atoms. The van der Waals surface area contributed by atoms with Crippen LogP contribution in [0.15, 0.2) is 24.4 Å². The summed E-state index contributed by atoms with van der Waals surface area (Å²) in [6, 6.07) is 4.72. The molecule has 5 rings (SSSR count). The molecule has 0 radical (unpaired) electrons. The van der Waals surface area contributed by atoms with Crippen molar-refractivity contribution in [3.05, 3.63) is 57.8 Å². The smallest absolute Gasteiger partial charge is 0.369 e. The molecule has 45 heavy (non-hydrogen) atoms. The number of piperazine rings is 1. The van der Waals surface area contributed by atoms with Crippen molar-refractivity contribution in [3.8, 4) is 11.3 Å². The fraction of sp³-hybridized carbons (Fsp3) is 0.429. The molecule has 0 saturated carbocycles. The molecule has 2 aliphatic rings. The molecule has 2 fully saturated rings. The standard InChI is InChI=1S/C28H31ClF3N9O4/c29-18-11-15(1-2-17(18)27(45)41-9-7-40(8-10-41)26(44)16-3-5-34-6-4-16)13-36-25(43)24-35-14-20(37-24)22-19(12-21(33)42)38-39-23(22)28(30,31)32/h1-2,11,14,16,34H,3-10,12-13H2,(H2,33,42)(H,35,37)(H,36,43)(H,38,39). The first kappa shape index (κ1) is 32.0. The number of rotatable bonds is 8. The number of hydrogen-bond donors (Lipinski definition) is 5. The SMILES string of the molecule is NC(=O)Cc1[nH]nc(C(F)(F)F)c1-c1cnc(C(=O)NCc2ccc(C(=O)N3CCN(C(=O)C4CCNCC4)CC3)c(Cl)c2)[nH]1. The summed E-state index contributed by atoms with van der Waals surface area (Å²) in [5.41, 5.74) is 3.89. The van der Waals surface area contributed by atoms with Gasteiger partial charge in [0.25, 0.3) is 11.8 Å². The molecular weight excluding hydrogens is 619 g/mol. The minimum Gasteiger partial charge on any atom is -0.369 e. The van der Waals surface area contributed by atoms with E-state index < -0.39 is 35.7 Å². The Morgan fingerprint density at radius 2 is 1.76 bits per heavy atom. The second-order valence-corrected chi connectivity index (χ2v) is 11.3. The summed E-state index contributed by atoms with van der Waals surface area (Å²) in [7, 11) is 0. The first-order chi connectivity index (χ1) is 21.4. The molecule has 4 heterocycles. The number of nitrogens with one attached hydrogen (secondary N) is 4. The zero-order valence-electron chi connectivity index (χ0n) is 24.0. The van der Waals surface area contributed by atoms with Crippen molar-refractivity contribution >= 4 is 35.2 Å². The number of imidazole rings is 1. The van der Waals surface area contributed by atoms with E-state index in [1.54, 1.807) is 17.0 Å². The van der Waals surface area contributed by atoms with Crippen LogP contribution in [0.1, 0.15) is 50.8 Å². The van der Waals surface area contributed by atoms with Gasteiger partial charge in [0, 0.05) is 38.6 Å². The van der Waals surface area contributed by atoms with Gasteiger partial charge in [-0.1, -0.05) is 17.7 Å². The number of benzene rings is 1. The molecular formula is C28H31ClF3N9O4. The van der Waals surface area contributed by atoms with Gasteiger partial charge in [-0.05, 0) is 43.6 Å². The number of halogens is 4. The molecule has 0 atom stereocenters. The van der Waals surface area contributed by atoms with Gasteiger partial charge < -0.3 is 31.2 Å². The number of primary amides is 1. The molecule has 2 saturated heterocycles. The number of nitrogens with two attached hydrogens (primary N) is 1. The number of aromatic amines is 2. The van der Waals surface area contributed by atoms with E-state index in [-0.39, 0.29) is 52.1 Å². The van der Waals surface area contributed by atoms with Crippen LogP contribution in [0.4, 0.5) is 13.2 Å². The Morgan fingerprint density at radius 3 is 2.40 bits per heavy atom. The molecule has 2 aliphatic heterocycles. The second-order valence-electron chi connectivity index (χ2n) is 10.9. The van der Waals surface area contributed by atoms with E-state index in [9.17, 15) is 32.3 Å². The van der Waals surface area contributed by atoms with Crippen LogP contribution in [0, 0.1) is 5.92 Å². The van der Waals surface area contributed by atoms with Gasteiger partial charge in [0.15, 0.2) is 11.5 Å². The van der Waals surface area contributed by atoms with Crippen molar-refractivity contribution in [2.24, 2.45) is 11.7 Å². The molecule has 6 N–H and O–H groups in total. The molecule has 1 aromatic carbocycles. The summed E-state index contributed by atoms with van der Waals surface area (Å²) in [6.45, 7) is 3.33. The Balaban J connectivity index is 1.18. The van der Waals surface area contributed by atoms with Gasteiger partial charge in [0.1, 0.15) is 0 Å². The molecule has 13 nitrogen and oxygen atoms in total. The largest absolute Gasteiger partial charge is 0.435 e. The van der Waals surface area contributed by atoms with E-state index in [2.05, 4.69) is 30.8 Å². The highest BCUT2D eigenvalue weighted by Gasteiger charge is 2.39. The van der Waals surface area contributed by atoms with Gasteiger partial charge in [0.2, 0.25) is 11.8 Å². The van der Waals surface area contributed by atoms with Crippen molar-refractivity contribution in [2.75, 3.05) is 39.3 Å². The Hall–Kier alpha value is -4.44. The van der Waals surface area contributed by atoms with E-state index in [0.717, 1.165) is 32.1 Å². The van der Waals surface area contributed by atoms with Crippen molar-refractivity contribution in [1.82, 2.24) is 40.6 Å². The second kappa shape index (κ2) is 13.3. The van der Waals surface area contributed by atoms with E-state index in [0.29, 0.717) is 31.7 Å². The highest BCUT2D eigenvalue weighted by Crippen LogP contribution is 2.37. The minimum atomic E-state index is -4.85. The van der Waals surface area contributed by atoms with Crippen molar-refractivity contribution in [1.29, 1.82) is 0 Å². The molecule has 3 aromatic rings. The lowest BCUT2D eigenvalue weighted by Gasteiger charge is -2.37. The summed E-state index contributed by atoms with van der Waals surface area (Å²) in [5, 5.41) is 11.5. The highest BCUT2D eigenvalue weighted by atomic mass is 35.5. The zero-order chi connectivity index (χ0) is 32.3. The Morgan fingerprint density at radius 1 is 1.07 bits per heavy atom. The summed E-state index contributed by atoms with van der Waals surface area (Å²) >= 11 is 6.44. The predicted octanol–water partition coefficient (Wildman–Crippen LogP) is 1.71. The Labute approximate surface area is 260 Å². The molecule has 2 aromatic heterocycles. The molecule has 4 amide bonds. The predicted molar refractivity (Wildman–Crippen MR) is 155 cm³/mol. The van der Waals surface area contributed by atoms with Gasteiger partial charge in [-0.15, -0.1) is 0 Å². The van der Waals surface area contributed by atoms with E-state index >= 15 is 0 Å². The number of hydrogen-bond acceptors (Lipinski definition) is 7. The third-order valence-electron chi connectivity index (χ3n) is 7.80. The molecule has 0 bridgehead atoms. The maximum Gasteiger partial charge on any atom is 0.435 e. The average Bonchev–Trinajstić information content (AvgIpc) is 3.67. The molecule has 240 valence electrons. The van der Waals surface area contributed by atoms with Crippen molar-refractivity contribution in [3.63, 3.8) is 0 Å². The molecule has 0 aliphatic carbocycles. The summed E-state index contributed by atoms with van der Waals surface area (Å²) in [6.07, 6.45) is -2.72. The maximum atomic E-state index is 13.5. The number of alkyl halides is 3. The van der Waals surface area contributed by atoms with Gasteiger partial charge in [-0.3, -0.25) is 24.3 Å². The van der Waals surface area contributed by atoms with E-state index in [4.69, 9.17) is 17.3 Å². The lowest BCUT2D eigenvalue weighted by molar-refractivity contribution is -0.140.